The number of rotatable bonds is 27. The van der Waals surface area contributed by atoms with Crippen LogP contribution in [0, 0.1) is 0 Å². The van der Waals surface area contributed by atoms with E-state index >= 15 is 0 Å². The molecule has 1 atom stereocenters. The standard InChI is InChI=1S/C31H37Cl2F3N4O4SSi.C31H35Cl2F3N4O4SSi.C20H11Cl2F3N4O3S.2CH4/c2*1-18(2)46(19(3)4,20(5)6)40-14-12-22-27(25(33)16-38-30(22)40)29(41)28-26(9-8-13-37-28)39(17-44-7)45(42,43)21-10-11-24(32)23(15-21)31(34,35)36;21-13-4-3-10(8-12(13)20(23,24)25)33(31,32)29-15-2-1-6-26-17(15)18(30)16-11-5-7-27-19(11)28-9-14(16)22;;/h8-16,18-20,29,41H,17H2,1-7H3;8-16,18-20H,17H2,1-7H3;1-9,29H,(H,27,28);2*1H4. The largest absolute Gasteiger partial charge is 0.417 e. The van der Waals surface area contributed by atoms with Gasteiger partial charge >= 0.3 is 18.5 Å². The lowest BCUT2D eigenvalue weighted by atomic mass is 10.0. The minimum absolute atomic E-state index is 0. The minimum Gasteiger partial charge on any atom is -0.382 e. The van der Waals surface area contributed by atoms with Crippen molar-refractivity contribution in [3.8, 4) is 0 Å². The average molecular weight is 1980 g/mol. The van der Waals surface area contributed by atoms with Crippen LogP contribution in [-0.4, -0.2) is 129 Å². The first kappa shape index (κ1) is 104. The van der Waals surface area contributed by atoms with E-state index in [1.54, 1.807) is 18.3 Å². The first-order valence-corrected chi connectivity index (χ1v) is 49.0. The molecule has 0 spiro atoms. The number of halogens is 15. The summed E-state index contributed by atoms with van der Waals surface area (Å²) in [6.07, 6.45) is -2.70. The quantitative estimate of drug-likeness (QED) is 0.0186. The van der Waals surface area contributed by atoms with Crippen LogP contribution in [0.4, 0.5) is 56.6 Å². The van der Waals surface area contributed by atoms with Crippen LogP contribution >= 0.6 is 69.6 Å². The maximum absolute atomic E-state index is 14.4. The number of carbonyl (C=O) groups excluding carboxylic acids is 2. The Morgan fingerprint density at radius 3 is 1.31 bits per heavy atom. The van der Waals surface area contributed by atoms with Gasteiger partial charge in [0.25, 0.3) is 30.1 Å². The number of aliphatic hydroxyl groups is 1. The number of ether oxygens (including phenoxy) is 2. The lowest BCUT2D eigenvalue weighted by Crippen LogP contribution is -2.51. The fraction of sp³-hybridized carbons (Fsp3) is 0.333. The van der Waals surface area contributed by atoms with E-state index < -0.39 is 143 Å². The molecule has 0 aliphatic rings. The number of aromatic amines is 1. The Labute approximate surface area is 761 Å². The Morgan fingerprint density at radius 2 is 0.850 bits per heavy atom. The molecular weight excluding hydrogens is 1890 g/mol. The van der Waals surface area contributed by atoms with Gasteiger partial charge in [-0.15, -0.1) is 0 Å². The summed E-state index contributed by atoms with van der Waals surface area (Å²) in [4.78, 5) is 54.3. The average Bonchev–Trinajstić information content (AvgIpc) is 1.73. The zero-order valence-corrected chi connectivity index (χ0v) is 77.9. The molecule has 684 valence electrons. The summed E-state index contributed by atoms with van der Waals surface area (Å²) in [5.41, 5.74) is -1.26. The number of benzene rings is 3. The number of alkyl halides is 9. The first-order chi connectivity index (χ1) is 58.3. The van der Waals surface area contributed by atoms with E-state index in [4.69, 9.17) is 84.1 Å². The molecule has 0 radical (unpaired) electrons. The topological polar surface area (TPSA) is 297 Å². The van der Waals surface area contributed by atoms with Gasteiger partial charge in [-0.3, -0.25) is 29.3 Å². The number of hydrogen-bond acceptors (Lipinski definition) is 17. The van der Waals surface area contributed by atoms with Crippen LogP contribution in [0.25, 0.3) is 33.1 Å². The highest BCUT2D eigenvalue weighted by atomic mass is 35.5. The number of nitrogens with one attached hydrogen (secondary N) is 2. The molecule has 127 heavy (non-hydrogen) atoms. The molecule has 1 unspecified atom stereocenters. The molecule has 12 rings (SSSR count). The van der Waals surface area contributed by atoms with E-state index in [9.17, 15) is 79.5 Å². The molecule has 0 aliphatic heterocycles. The van der Waals surface area contributed by atoms with Crippen molar-refractivity contribution < 1.29 is 88.9 Å². The Morgan fingerprint density at radius 1 is 0.472 bits per heavy atom. The van der Waals surface area contributed by atoms with Gasteiger partial charge in [0.1, 0.15) is 47.9 Å². The van der Waals surface area contributed by atoms with Crippen LogP contribution in [0.1, 0.15) is 164 Å². The van der Waals surface area contributed by atoms with Gasteiger partial charge in [0.2, 0.25) is 11.6 Å². The molecule has 23 nitrogen and oxygen atoms in total. The summed E-state index contributed by atoms with van der Waals surface area (Å²) in [7, 11) is -16.1. The maximum Gasteiger partial charge on any atom is 0.417 e. The highest BCUT2D eigenvalue weighted by Gasteiger charge is 2.49. The first-order valence-electron chi connectivity index (χ1n) is 38.0. The number of nitrogens with zero attached hydrogens (tertiary/aromatic N) is 10. The van der Waals surface area contributed by atoms with E-state index in [1.165, 1.54) is 87.8 Å². The molecule has 3 aromatic carbocycles. The zero-order valence-electron chi connectivity index (χ0n) is 68.9. The van der Waals surface area contributed by atoms with Gasteiger partial charge < -0.3 is 28.0 Å². The number of aliphatic hydroxyl groups excluding tert-OH is 1. The number of carbonyl (C=O) groups is 2. The van der Waals surface area contributed by atoms with Crippen molar-refractivity contribution >= 4 is 178 Å². The molecule has 0 aliphatic carbocycles. The van der Waals surface area contributed by atoms with Gasteiger partial charge in [0.05, 0.1) is 95.4 Å². The fourth-order valence-corrected chi connectivity index (χ4v) is 35.1. The Kier molecular flexibility index (Phi) is 32.8. The van der Waals surface area contributed by atoms with Gasteiger partial charge in [-0.1, -0.05) is 168 Å². The second-order valence-electron chi connectivity index (χ2n) is 30.6. The number of ketones is 2. The van der Waals surface area contributed by atoms with E-state index in [2.05, 4.69) is 126 Å². The molecular formula is C84H91Cl6F9N12O11S3Si2. The Bertz CT molecular complexity index is 6390. The van der Waals surface area contributed by atoms with Crippen molar-refractivity contribution in [2.24, 2.45) is 0 Å². The third-order valence-electron chi connectivity index (χ3n) is 21.6. The predicted molar refractivity (Wildman–Crippen MR) is 484 cm³/mol. The van der Waals surface area contributed by atoms with E-state index in [1.807, 2.05) is 18.5 Å². The molecule has 0 amide bonds. The number of hydrogen-bond donors (Lipinski definition) is 3. The summed E-state index contributed by atoms with van der Waals surface area (Å²) < 4.78 is 221. The summed E-state index contributed by atoms with van der Waals surface area (Å²) in [5, 5.41) is 11.6. The molecule has 43 heteroatoms. The second-order valence-corrected chi connectivity index (χ2v) is 49.9. The Hall–Kier alpha value is -8.81. The van der Waals surface area contributed by atoms with Gasteiger partial charge in [-0.25, -0.2) is 48.8 Å². The van der Waals surface area contributed by atoms with Crippen LogP contribution in [0.5, 0.6) is 0 Å². The monoisotopic (exact) mass is 1980 g/mol. The van der Waals surface area contributed by atoms with Crippen LogP contribution in [-0.2, 0) is 58.1 Å². The smallest absolute Gasteiger partial charge is 0.382 e. The van der Waals surface area contributed by atoms with Crippen molar-refractivity contribution in [2.75, 3.05) is 41.0 Å². The molecule has 12 aromatic rings. The third-order valence-corrected chi connectivity index (χ3v) is 41.8. The molecule has 9 aromatic heterocycles. The SMILES string of the molecule is C.C.COCN(c1cccnc1C(=O)c1c(Cl)cnc2c1ccn2[Si](C(C)C)(C(C)C)C(C)C)S(=O)(=O)c1ccc(Cl)c(C(F)(F)F)c1.COCN(c1cccnc1C(O)c1c(Cl)cnc2c1ccn2[Si](C(C)C)(C(C)C)C(C)C)S(=O)(=O)c1ccc(Cl)c(C(F)(F)F)c1.O=C(c1ncccc1NS(=O)(=O)c1ccc(Cl)c(C(F)(F)F)c1)c1c(Cl)cnc2[nH]ccc12. The van der Waals surface area contributed by atoms with Crippen molar-refractivity contribution in [1.29, 1.82) is 0 Å². The van der Waals surface area contributed by atoms with E-state index in [0.29, 0.717) is 88.9 Å². The number of aromatic nitrogens is 9. The normalized spacial score (nSPS) is 12.8. The molecule has 0 bridgehead atoms. The van der Waals surface area contributed by atoms with Crippen molar-refractivity contribution in [1.82, 2.24) is 43.4 Å². The molecule has 3 N–H and O–H groups in total. The highest BCUT2D eigenvalue weighted by molar-refractivity contribution is 7.93. The maximum atomic E-state index is 14.4. The third kappa shape index (κ3) is 20.2. The van der Waals surface area contributed by atoms with Crippen LogP contribution in [0.15, 0.2) is 180 Å². The number of anilines is 3. The van der Waals surface area contributed by atoms with E-state index in [-0.39, 0.29) is 80.8 Å². The van der Waals surface area contributed by atoms with Crippen molar-refractivity contribution in [2.45, 2.75) is 171 Å². The summed E-state index contributed by atoms with van der Waals surface area (Å²) >= 11 is 36.6. The van der Waals surface area contributed by atoms with Gasteiger partial charge in [-0.05, 0) is 155 Å². The Balaban J connectivity index is 0.000000237. The minimum atomic E-state index is -4.91. The number of sulfonamides is 3. The summed E-state index contributed by atoms with van der Waals surface area (Å²) in [6.45, 7) is 25.2. The van der Waals surface area contributed by atoms with E-state index in [0.717, 1.165) is 40.7 Å². The highest BCUT2D eigenvalue weighted by Crippen LogP contribution is 2.50. The lowest BCUT2D eigenvalue weighted by molar-refractivity contribution is -0.138. The van der Waals surface area contributed by atoms with Crippen LogP contribution in [0.2, 0.25) is 63.4 Å². The summed E-state index contributed by atoms with van der Waals surface area (Å²) in [6, 6.07) is 20.1. The van der Waals surface area contributed by atoms with Crippen LogP contribution < -0.4 is 13.3 Å². The van der Waals surface area contributed by atoms with Gasteiger partial charge in [0, 0.05) is 79.3 Å². The number of H-pyrrole nitrogens is 1. The van der Waals surface area contributed by atoms with Gasteiger partial charge in [-0.2, -0.15) is 39.5 Å². The summed E-state index contributed by atoms with van der Waals surface area (Å²) in [5.74, 6) is -1.41. The number of methoxy groups -OCH3 is 2. The van der Waals surface area contributed by atoms with Crippen LogP contribution in [0.3, 0.4) is 0 Å². The zero-order chi connectivity index (χ0) is 92.7. The lowest BCUT2D eigenvalue weighted by Gasteiger charge is -2.44. The molecule has 9 heterocycles. The van der Waals surface area contributed by atoms with Gasteiger partial charge in [0.15, 0.2) is 16.5 Å². The number of fused-ring (bicyclic) bond motifs is 3. The fourth-order valence-electron chi connectivity index (χ4n) is 16.7. The molecule has 0 saturated carbocycles. The predicted octanol–water partition coefficient (Wildman–Crippen LogP) is 24.1. The molecule has 0 fully saturated rings. The van der Waals surface area contributed by atoms with Crippen molar-refractivity contribution in [3.63, 3.8) is 0 Å². The number of pyridine rings is 6. The second kappa shape index (κ2) is 40.3. The molecule has 0 saturated heterocycles. The van der Waals surface area contributed by atoms with Crippen molar-refractivity contribution in [3.05, 3.63) is 246 Å².